The van der Waals surface area contributed by atoms with Gasteiger partial charge in [-0.2, -0.15) is 8.61 Å². The molecule has 1 aliphatic rings. The fourth-order valence-corrected chi connectivity index (χ4v) is 9.31. The van der Waals surface area contributed by atoms with Gasteiger partial charge in [0.15, 0.2) is 0 Å². The molecule has 58 heavy (non-hydrogen) atoms. The maximum Gasteiger partial charge on any atom is 0.243 e. The summed E-state index contributed by atoms with van der Waals surface area (Å²) >= 11 is 0. The number of ether oxygens (including phenoxy) is 4. The second-order valence-corrected chi connectivity index (χ2v) is 18.3. The van der Waals surface area contributed by atoms with Crippen molar-refractivity contribution in [3.63, 3.8) is 0 Å². The quantitative estimate of drug-likeness (QED) is 0.238. The first-order chi connectivity index (χ1) is 28.1. The van der Waals surface area contributed by atoms with E-state index in [2.05, 4.69) is 34.1 Å². The highest BCUT2D eigenvalue weighted by molar-refractivity contribution is 7.89. The van der Waals surface area contributed by atoms with E-state index in [1.807, 2.05) is 50.2 Å². The van der Waals surface area contributed by atoms with Gasteiger partial charge in [-0.05, 0) is 49.2 Å². The summed E-state index contributed by atoms with van der Waals surface area (Å²) < 4.78 is 82.4. The highest BCUT2D eigenvalue weighted by Gasteiger charge is 2.26. The zero-order chi connectivity index (χ0) is 41.1. The van der Waals surface area contributed by atoms with Crippen LogP contribution in [0.1, 0.15) is 22.3 Å². The van der Waals surface area contributed by atoms with Gasteiger partial charge in [0, 0.05) is 65.4 Å². The molecule has 0 aliphatic carbocycles. The van der Waals surface area contributed by atoms with Gasteiger partial charge in [-0.3, -0.25) is 9.80 Å². The fraction of sp³-hybridized carbons (Fsp3) is 0.455. The van der Waals surface area contributed by atoms with E-state index in [9.17, 15) is 16.8 Å². The molecule has 0 saturated carbocycles. The second kappa shape index (κ2) is 23.9. The van der Waals surface area contributed by atoms with Crippen LogP contribution in [0.5, 0.6) is 0 Å². The van der Waals surface area contributed by atoms with E-state index in [0.717, 1.165) is 22.3 Å². The standard InChI is InChI=1S/C44H60N4O8S2/c1-39-13-17-43(18-14-39)57(49,50)47-25-33-53-29-21-45(37-41-9-5-3-6-10-41)23-31-55-35-27-48(58(51,52)44-19-15-40(2)16-20-44)28-36-56-32-24-46(22-30-54-34-26-47)38-42-11-7-4-8-12-42/h3-20H,21-38H2,1-2H3. The summed E-state index contributed by atoms with van der Waals surface area (Å²) in [7, 11) is -7.57. The van der Waals surface area contributed by atoms with Crippen molar-refractivity contribution >= 4 is 20.0 Å². The lowest BCUT2D eigenvalue weighted by Crippen LogP contribution is -2.38. The van der Waals surface area contributed by atoms with E-state index < -0.39 is 20.0 Å². The minimum Gasteiger partial charge on any atom is -0.379 e. The van der Waals surface area contributed by atoms with E-state index in [0.29, 0.717) is 65.7 Å². The van der Waals surface area contributed by atoms with Crippen LogP contribution in [-0.2, 0) is 52.1 Å². The Hall–Kier alpha value is -3.54. The zero-order valence-electron chi connectivity index (χ0n) is 34.0. The average Bonchev–Trinajstić information content (AvgIpc) is 3.22. The number of nitrogens with zero attached hydrogens (tertiary/aromatic N) is 4. The van der Waals surface area contributed by atoms with Gasteiger partial charge >= 0.3 is 0 Å². The first kappa shape index (κ1) is 45.5. The Morgan fingerprint density at radius 2 is 0.672 bits per heavy atom. The van der Waals surface area contributed by atoms with Crippen molar-refractivity contribution in [2.75, 3.05) is 105 Å². The lowest BCUT2D eigenvalue weighted by Gasteiger charge is -2.26. The summed E-state index contributed by atoms with van der Waals surface area (Å²) in [6.45, 7) is 10.7. The Morgan fingerprint density at radius 1 is 0.397 bits per heavy atom. The molecule has 0 unspecified atom stereocenters. The molecule has 1 aliphatic heterocycles. The van der Waals surface area contributed by atoms with Crippen LogP contribution in [0.2, 0.25) is 0 Å². The van der Waals surface area contributed by atoms with Crippen LogP contribution in [0, 0.1) is 13.8 Å². The van der Waals surface area contributed by atoms with E-state index in [4.69, 9.17) is 18.9 Å². The molecule has 0 amide bonds. The van der Waals surface area contributed by atoms with Crippen LogP contribution in [-0.4, -0.2) is 140 Å². The smallest absolute Gasteiger partial charge is 0.243 e. The molecule has 4 aromatic carbocycles. The zero-order valence-corrected chi connectivity index (χ0v) is 35.6. The highest BCUT2D eigenvalue weighted by atomic mass is 32.2. The predicted octanol–water partition coefficient (Wildman–Crippen LogP) is 5.07. The SMILES string of the molecule is Cc1ccc(S(=O)(=O)N2CCOCCN(Cc3ccccc3)CCOCCN(S(=O)(=O)c3ccc(C)cc3)CCOCCN(Cc3ccccc3)CCOCC2)cc1. The molecule has 0 aromatic heterocycles. The molecule has 1 saturated heterocycles. The van der Waals surface area contributed by atoms with Gasteiger partial charge in [0.2, 0.25) is 20.0 Å². The van der Waals surface area contributed by atoms with E-state index in [-0.39, 0.29) is 62.4 Å². The Balaban J connectivity index is 1.28. The van der Waals surface area contributed by atoms with E-state index in [1.165, 1.54) is 8.61 Å². The minimum absolute atomic E-state index is 0.181. The van der Waals surface area contributed by atoms with Crippen molar-refractivity contribution in [3.05, 3.63) is 131 Å². The third-order valence-electron chi connectivity index (χ3n) is 9.96. The van der Waals surface area contributed by atoms with Crippen LogP contribution in [0.25, 0.3) is 0 Å². The Morgan fingerprint density at radius 3 is 0.966 bits per heavy atom. The lowest BCUT2D eigenvalue weighted by molar-refractivity contribution is 0.0513. The first-order valence-electron chi connectivity index (χ1n) is 20.1. The molecule has 0 spiro atoms. The molecular formula is C44H60N4O8S2. The molecule has 1 heterocycles. The van der Waals surface area contributed by atoms with Gasteiger partial charge in [-0.1, -0.05) is 96.1 Å². The number of aryl methyl sites for hydroxylation is 2. The Labute approximate surface area is 346 Å². The van der Waals surface area contributed by atoms with Crippen molar-refractivity contribution in [1.29, 1.82) is 0 Å². The van der Waals surface area contributed by atoms with Crippen molar-refractivity contribution in [3.8, 4) is 0 Å². The molecule has 0 bridgehead atoms. The van der Waals surface area contributed by atoms with Gasteiger partial charge < -0.3 is 18.9 Å². The fourth-order valence-electron chi connectivity index (χ4n) is 6.49. The molecule has 0 N–H and O–H groups in total. The lowest BCUT2D eigenvalue weighted by atomic mass is 10.2. The molecular weight excluding hydrogens is 777 g/mol. The van der Waals surface area contributed by atoms with Gasteiger partial charge in [0.05, 0.1) is 62.6 Å². The van der Waals surface area contributed by atoms with E-state index in [1.54, 1.807) is 48.5 Å². The summed E-state index contributed by atoms with van der Waals surface area (Å²) in [6, 6.07) is 34.1. The second-order valence-electron chi connectivity index (χ2n) is 14.4. The summed E-state index contributed by atoms with van der Waals surface area (Å²) in [6.07, 6.45) is 0. The van der Waals surface area contributed by atoms with Gasteiger partial charge in [0.25, 0.3) is 0 Å². The molecule has 1 fully saturated rings. The van der Waals surface area contributed by atoms with Crippen molar-refractivity contribution in [2.45, 2.75) is 36.7 Å². The monoisotopic (exact) mass is 836 g/mol. The Bertz CT molecular complexity index is 1800. The highest BCUT2D eigenvalue weighted by Crippen LogP contribution is 2.18. The van der Waals surface area contributed by atoms with Crippen LogP contribution in [0.3, 0.4) is 0 Å². The number of benzene rings is 4. The minimum atomic E-state index is -3.79. The molecule has 14 heteroatoms. The number of sulfonamides is 2. The van der Waals surface area contributed by atoms with E-state index >= 15 is 0 Å². The predicted molar refractivity (Wildman–Crippen MR) is 227 cm³/mol. The summed E-state index contributed by atoms with van der Waals surface area (Å²) in [4.78, 5) is 4.92. The summed E-state index contributed by atoms with van der Waals surface area (Å²) in [5, 5.41) is 0. The molecule has 0 atom stereocenters. The normalized spacial score (nSPS) is 18.7. The first-order valence-corrected chi connectivity index (χ1v) is 23.0. The Kier molecular flexibility index (Phi) is 18.8. The summed E-state index contributed by atoms with van der Waals surface area (Å²) in [5.41, 5.74) is 4.26. The number of hydrogen-bond acceptors (Lipinski definition) is 10. The van der Waals surface area contributed by atoms with Crippen molar-refractivity contribution < 1.29 is 35.8 Å². The number of hydrogen-bond donors (Lipinski definition) is 0. The van der Waals surface area contributed by atoms with Crippen LogP contribution in [0.15, 0.2) is 119 Å². The third kappa shape index (κ3) is 14.9. The number of rotatable bonds is 8. The molecule has 316 valence electrons. The maximum absolute atomic E-state index is 13.8. The maximum atomic E-state index is 13.8. The molecule has 4 aromatic rings. The summed E-state index contributed by atoms with van der Waals surface area (Å²) in [5.74, 6) is 0. The van der Waals surface area contributed by atoms with Crippen LogP contribution in [0.4, 0.5) is 0 Å². The van der Waals surface area contributed by atoms with Crippen LogP contribution < -0.4 is 0 Å². The third-order valence-corrected chi connectivity index (χ3v) is 13.8. The van der Waals surface area contributed by atoms with Crippen molar-refractivity contribution in [1.82, 2.24) is 18.4 Å². The van der Waals surface area contributed by atoms with Gasteiger partial charge in [-0.15, -0.1) is 0 Å². The largest absolute Gasteiger partial charge is 0.379 e. The van der Waals surface area contributed by atoms with Crippen molar-refractivity contribution in [2.24, 2.45) is 0 Å². The average molecular weight is 837 g/mol. The topological polar surface area (TPSA) is 118 Å². The van der Waals surface area contributed by atoms with Crippen LogP contribution >= 0.6 is 0 Å². The van der Waals surface area contributed by atoms with Gasteiger partial charge in [-0.25, -0.2) is 16.8 Å². The molecule has 0 radical (unpaired) electrons. The molecule has 12 nitrogen and oxygen atoms in total. The molecule has 5 rings (SSSR count). The van der Waals surface area contributed by atoms with Gasteiger partial charge in [0.1, 0.15) is 0 Å².